The molecular weight excluding hydrogens is 270 g/mol. The number of rotatable bonds is 4. The van der Waals surface area contributed by atoms with Crippen LogP contribution < -0.4 is 5.32 Å². The van der Waals surface area contributed by atoms with Gasteiger partial charge in [0.05, 0.1) is 17.0 Å². The zero-order valence-corrected chi connectivity index (χ0v) is 11.9. The van der Waals surface area contributed by atoms with Crippen molar-refractivity contribution in [2.75, 3.05) is 11.5 Å². The number of thiophene rings is 1. The van der Waals surface area contributed by atoms with Crippen molar-refractivity contribution < 1.29 is 13.2 Å². The molecule has 2 rings (SSSR count). The number of carbonyl (C=O) groups is 1. The molecule has 0 bridgehead atoms. The number of hydrogen-bond donors (Lipinski definition) is 1. The molecule has 0 unspecified atom stereocenters. The van der Waals surface area contributed by atoms with Gasteiger partial charge in [-0.05, 0) is 42.2 Å². The normalized spacial score (nSPS) is 26.1. The van der Waals surface area contributed by atoms with E-state index in [1.807, 2.05) is 16.8 Å². The summed E-state index contributed by atoms with van der Waals surface area (Å²) in [5.74, 6) is 0.166. The molecule has 1 N–H and O–H groups in total. The lowest BCUT2D eigenvalue weighted by Crippen LogP contribution is -2.46. The van der Waals surface area contributed by atoms with Gasteiger partial charge in [0.15, 0.2) is 9.84 Å². The van der Waals surface area contributed by atoms with Crippen LogP contribution in [-0.4, -0.2) is 31.4 Å². The van der Waals surface area contributed by atoms with Gasteiger partial charge in [-0.3, -0.25) is 4.79 Å². The fraction of sp³-hybridized carbons (Fsp3) is 0.583. The number of carbonyl (C=O) groups excluding carboxylic acids is 1. The van der Waals surface area contributed by atoms with Gasteiger partial charge in [0.1, 0.15) is 0 Å². The molecule has 1 aliphatic rings. The lowest BCUT2D eigenvalue weighted by atomic mass is 10.0. The highest BCUT2D eigenvalue weighted by atomic mass is 32.2. The highest BCUT2D eigenvalue weighted by Gasteiger charge is 2.39. The van der Waals surface area contributed by atoms with Crippen LogP contribution in [0.25, 0.3) is 0 Å². The summed E-state index contributed by atoms with van der Waals surface area (Å²) >= 11 is 1.61. The molecular formula is C12H17NO3S2. The van der Waals surface area contributed by atoms with E-state index >= 15 is 0 Å². The Morgan fingerprint density at radius 3 is 2.89 bits per heavy atom. The molecule has 0 aromatic carbocycles. The minimum absolute atomic E-state index is 0.0597. The van der Waals surface area contributed by atoms with Crippen LogP contribution in [0.2, 0.25) is 0 Å². The van der Waals surface area contributed by atoms with Crippen molar-refractivity contribution >= 4 is 27.1 Å². The lowest BCUT2D eigenvalue weighted by molar-refractivity contribution is -0.122. The number of hydrogen-bond acceptors (Lipinski definition) is 4. The Bertz CT molecular complexity index is 522. The fourth-order valence-corrected chi connectivity index (χ4v) is 5.00. The number of aryl methyl sites for hydroxylation is 1. The molecule has 0 spiro atoms. The third-order valence-electron chi connectivity index (χ3n) is 3.17. The Hall–Kier alpha value is -0.880. The SMILES string of the molecule is C[C@]1(NC(=O)CCc2ccsc2)CCS(=O)(=O)C1. The summed E-state index contributed by atoms with van der Waals surface area (Å²) in [5.41, 5.74) is 0.573. The molecule has 2 heterocycles. The van der Waals surface area contributed by atoms with Crippen molar-refractivity contribution in [1.82, 2.24) is 5.32 Å². The summed E-state index contributed by atoms with van der Waals surface area (Å²) in [7, 11) is -2.97. The van der Waals surface area contributed by atoms with E-state index in [1.54, 1.807) is 18.3 Å². The molecule has 18 heavy (non-hydrogen) atoms. The van der Waals surface area contributed by atoms with Crippen LogP contribution in [-0.2, 0) is 21.1 Å². The topological polar surface area (TPSA) is 63.2 Å². The fourth-order valence-electron chi connectivity index (χ4n) is 2.20. The monoisotopic (exact) mass is 287 g/mol. The number of amides is 1. The molecule has 6 heteroatoms. The molecule has 0 radical (unpaired) electrons. The average Bonchev–Trinajstić information content (AvgIpc) is 2.84. The minimum Gasteiger partial charge on any atom is -0.350 e. The molecule has 1 aromatic heterocycles. The van der Waals surface area contributed by atoms with E-state index in [4.69, 9.17) is 0 Å². The molecule has 1 fully saturated rings. The Balaban J connectivity index is 1.84. The van der Waals surface area contributed by atoms with E-state index in [0.29, 0.717) is 19.3 Å². The Morgan fingerprint density at radius 2 is 2.33 bits per heavy atom. The molecule has 0 saturated carbocycles. The molecule has 1 saturated heterocycles. The van der Waals surface area contributed by atoms with E-state index in [-0.39, 0.29) is 17.4 Å². The maximum absolute atomic E-state index is 11.8. The summed E-state index contributed by atoms with van der Waals surface area (Å²) in [5, 5.41) is 6.87. The van der Waals surface area contributed by atoms with Crippen molar-refractivity contribution in [3.8, 4) is 0 Å². The van der Waals surface area contributed by atoms with Crippen molar-refractivity contribution in [3.05, 3.63) is 22.4 Å². The summed E-state index contributed by atoms with van der Waals surface area (Å²) < 4.78 is 22.8. The van der Waals surface area contributed by atoms with Gasteiger partial charge >= 0.3 is 0 Å². The highest BCUT2D eigenvalue weighted by molar-refractivity contribution is 7.91. The zero-order valence-electron chi connectivity index (χ0n) is 10.3. The third-order valence-corrected chi connectivity index (χ3v) is 5.80. The highest BCUT2D eigenvalue weighted by Crippen LogP contribution is 2.23. The van der Waals surface area contributed by atoms with E-state index in [9.17, 15) is 13.2 Å². The van der Waals surface area contributed by atoms with E-state index in [0.717, 1.165) is 5.56 Å². The molecule has 4 nitrogen and oxygen atoms in total. The van der Waals surface area contributed by atoms with Crippen LogP contribution in [0.15, 0.2) is 16.8 Å². The summed E-state index contributed by atoms with van der Waals surface area (Å²) in [6.45, 7) is 1.81. The molecule has 100 valence electrons. The van der Waals surface area contributed by atoms with Crippen molar-refractivity contribution in [3.63, 3.8) is 0 Å². The van der Waals surface area contributed by atoms with Crippen LogP contribution in [0, 0.1) is 0 Å². The van der Waals surface area contributed by atoms with Gasteiger partial charge in [0.2, 0.25) is 5.91 Å². The first-order valence-corrected chi connectivity index (χ1v) is 8.68. The summed E-state index contributed by atoms with van der Waals surface area (Å²) in [6, 6.07) is 2.00. The quantitative estimate of drug-likeness (QED) is 0.910. The first-order chi connectivity index (χ1) is 8.39. The maximum Gasteiger partial charge on any atom is 0.220 e. The first-order valence-electron chi connectivity index (χ1n) is 5.91. The van der Waals surface area contributed by atoms with Gasteiger partial charge < -0.3 is 5.32 Å². The largest absolute Gasteiger partial charge is 0.350 e. The maximum atomic E-state index is 11.8. The zero-order chi connectivity index (χ0) is 13.2. The molecule has 0 aliphatic carbocycles. The van der Waals surface area contributed by atoms with Crippen molar-refractivity contribution in [2.45, 2.75) is 31.7 Å². The molecule has 1 amide bonds. The second kappa shape index (κ2) is 5.01. The summed E-state index contributed by atoms with van der Waals surface area (Å²) in [4.78, 5) is 11.8. The standard InChI is InChI=1S/C12H17NO3S2/c1-12(5-7-18(15,16)9-12)13-11(14)3-2-10-4-6-17-8-10/h4,6,8H,2-3,5,7,9H2,1H3,(H,13,14)/t12-/m0/s1. The van der Waals surface area contributed by atoms with Gasteiger partial charge in [0, 0.05) is 6.42 Å². The third kappa shape index (κ3) is 3.55. The number of nitrogens with one attached hydrogen (secondary N) is 1. The Morgan fingerprint density at radius 1 is 1.56 bits per heavy atom. The predicted molar refractivity (Wildman–Crippen MR) is 72.5 cm³/mol. The van der Waals surface area contributed by atoms with Crippen LogP contribution >= 0.6 is 11.3 Å². The Labute approximate surface area is 111 Å². The van der Waals surface area contributed by atoms with Crippen LogP contribution in [0.3, 0.4) is 0 Å². The van der Waals surface area contributed by atoms with E-state index in [2.05, 4.69) is 5.32 Å². The van der Waals surface area contributed by atoms with Crippen LogP contribution in [0.4, 0.5) is 0 Å². The van der Waals surface area contributed by atoms with Crippen molar-refractivity contribution in [2.24, 2.45) is 0 Å². The lowest BCUT2D eigenvalue weighted by Gasteiger charge is -2.23. The van der Waals surface area contributed by atoms with Gasteiger partial charge in [-0.1, -0.05) is 0 Å². The molecule has 1 atom stereocenters. The van der Waals surface area contributed by atoms with Gasteiger partial charge in [-0.15, -0.1) is 0 Å². The minimum atomic E-state index is -2.97. The van der Waals surface area contributed by atoms with Crippen molar-refractivity contribution in [1.29, 1.82) is 0 Å². The average molecular weight is 287 g/mol. The van der Waals surface area contributed by atoms with Gasteiger partial charge in [-0.25, -0.2) is 8.42 Å². The van der Waals surface area contributed by atoms with Gasteiger partial charge in [-0.2, -0.15) is 11.3 Å². The molecule has 1 aliphatic heterocycles. The van der Waals surface area contributed by atoms with Crippen LogP contribution in [0.5, 0.6) is 0 Å². The second-order valence-electron chi connectivity index (χ2n) is 5.08. The summed E-state index contributed by atoms with van der Waals surface area (Å²) in [6.07, 6.45) is 1.63. The Kier molecular flexibility index (Phi) is 3.77. The van der Waals surface area contributed by atoms with E-state index in [1.165, 1.54) is 0 Å². The smallest absolute Gasteiger partial charge is 0.220 e. The molecule has 1 aromatic rings. The number of sulfone groups is 1. The van der Waals surface area contributed by atoms with Gasteiger partial charge in [0.25, 0.3) is 0 Å². The predicted octanol–water partition coefficient (Wildman–Crippen LogP) is 1.37. The van der Waals surface area contributed by atoms with E-state index < -0.39 is 15.4 Å². The second-order valence-corrected chi connectivity index (χ2v) is 8.05. The first kappa shape index (κ1) is 13.5. The van der Waals surface area contributed by atoms with Crippen LogP contribution in [0.1, 0.15) is 25.3 Å².